The molecule has 0 radical (unpaired) electrons. The topological polar surface area (TPSA) is 155 Å². The Bertz CT molecular complexity index is 1360. The van der Waals surface area contributed by atoms with Crippen LogP contribution in [0.4, 0.5) is 11.5 Å². The third kappa shape index (κ3) is 5.50. The SMILES string of the molecule is O=C(NCCCCc1ccc(Nc2ncnc3c2ncn3[C@@H]2O[C@H](CO)[C@@H](O)[C@H]2O)cc1)c1ccccc1. The molecule has 1 aliphatic heterocycles. The fraction of sp³-hybridized carbons (Fsp3) is 0.333. The number of carbonyl (C=O) groups excluding carboxylic acids is 1. The molecule has 1 aliphatic rings. The number of nitrogens with zero attached hydrogens (tertiary/aromatic N) is 4. The van der Waals surface area contributed by atoms with Crippen molar-refractivity contribution >= 4 is 28.6 Å². The van der Waals surface area contributed by atoms with Gasteiger partial charge in [-0.3, -0.25) is 9.36 Å². The van der Waals surface area contributed by atoms with E-state index >= 15 is 0 Å². The highest BCUT2D eigenvalue weighted by Gasteiger charge is 2.44. The molecule has 2 aromatic carbocycles. The van der Waals surface area contributed by atoms with Crippen LogP contribution in [0.15, 0.2) is 67.3 Å². The number of hydrogen-bond donors (Lipinski definition) is 5. The second-order valence-electron chi connectivity index (χ2n) is 9.18. The Morgan fingerprint density at radius 2 is 1.76 bits per heavy atom. The molecule has 4 atom stereocenters. The minimum absolute atomic E-state index is 0.0522. The number of benzene rings is 2. The number of imidazole rings is 1. The number of fused-ring (bicyclic) bond motifs is 1. The zero-order valence-corrected chi connectivity index (χ0v) is 20.6. The summed E-state index contributed by atoms with van der Waals surface area (Å²) in [6.45, 7) is 0.218. The van der Waals surface area contributed by atoms with Crippen LogP contribution in [0.25, 0.3) is 11.2 Å². The first-order valence-corrected chi connectivity index (χ1v) is 12.5. The van der Waals surface area contributed by atoms with Crippen LogP contribution in [0.2, 0.25) is 0 Å². The number of aliphatic hydroxyl groups excluding tert-OH is 3. The van der Waals surface area contributed by atoms with Crippen molar-refractivity contribution in [2.45, 2.75) is 43.8 Å². The Kier molecular flexibility index (Phi) is 7.89. The fourth-order valence-electron chi connectivity index (χ4n) is 4.48. The molecule has 0 bridgehead atoms. The van der Waals surface area contributed by atoms with Crippen molar-refractivity contribution in [1.82, 2.24) is 24.8 Å². The van der Waals surface area contributed by atoms with Crippen molar-refractivity contribution in [3.8, 4) is 0 Å². The molecule has 0 unspecified atom stereocenters. The van der Waals surface area contributed by atoms with Gasteiger partial charge in [-0.05, 0) is 49.1 Å². The van der Waals surface area contributed by atoms with Crippen molar-refractivity contribution in [3.05, 3.63) is 78.4 Å². The molecule has 5 N–H and O–H groups in total. The summed E-state index contributed by atoms with van der Waals surface area (Å²) in [6, 6.07) is 17.2. The summed E-state index contributed by atoms with van der Waals surface area (Å²) in [7, 11) is 0. The number of aryl methyl sites for hydroxylation is 1. The summed E-state index contributed by atoms with van der Waals surface area (Å²) in [6.07, 6.45) is 1.32. The Hall–Kier alpha value is -3.90. The maximum absolute atomic E-state index is 12.1. The molecule has 1 amide bonds. The third-order valence-corrected chi connectivity index (χ3v) is 6.58. The monoisotopic (exact) mass is 518 g/mol. The van der Waals surface area contributed by atoms with Gasteiger partial charge in [0.05, 0.1) is 12.9 Å². The lowest BCUT2D eigenvalue weighted by Gasteiger charge is -2.16. The number of hydrogen-bond acceptors (Lipinski definition) is 9. The van der Waals surface area contributed by atoms with Crippen LogP contribution in [0.1, 0.15) is 35.0 Å². The first-order valence-electron chi connectivity index (χ1n) is 12.5. The summed E-state index contributed by atoms with van der Waals surface area (Å²) >= 11 is 0. The average molecular weight is 519 g/mol. The molecule has 0 spiro atoms. The lowest BCUT2D eigenvalue weighted by molar-refractivity contribution is -0.0511. The first kappa shape index (κ1) is 25.7. The van der Waals surface area contributed by atoms with Gasteiger partial charge in [0.2, 0.25) is 0 Å². The Morgan fingerprint density at radius 1 is 0.974 bits per heavy atom. The lowest BCUT2D eigenvalue weighted by Crippen LogP contribution is -2.33. The van der Waals surface area contributed by atoms with Crippen molar-refractivity contribution in [2.75, 3.05) is 18.5 Å². The highest BCUT2D eigenvalue weighted by Crippen LogP contribution is 2.32. The summed E-state index contributed by atoms with van der Waals surface area (Å²) in [4.78, 5) is 25.1. The second kappa shape index (κ2) is 11.7. The number of aromatic nitrogens is 4. The van der Waals surface area contributed by atoms with Gasteiger partial charge in [-0.2, -0.15) is 0 Å². The standard InChI is InChI=1S/C27H30N6O5/c34-14-20-22(35)23(36)27(38-20)33-16-31-21-24(29-15-30-25(21)33)32-19-11-9-17(10-12-19)6-4-5-13-28-26(37)18-7-2-1-3-8-18/h1-3,7-12,15-16,20,22-23,27,34-36H,4-6,13-14H2,(H,28,37)(H,29,30,32)/t20-,22-,23-,27-/m1/s1. The summed E-state index contributed by atoms with van der Waals surface area (Å²) in [5.41, 5.74) is 3.58. The van der Waals surface area contributed by atoms with E-state index in [1.807, 2.05) is 42.5 Å². The highest BCUT2D eigenvalue weighted by atomic mass is 16.6. The molecule has 5 rings (SSSR count). The van der Waals surface area contributed by atoms with Gasteiger partial charge < -0.3 is 30.7 Å². The predicted octanol–water partition coefficient (Wildman–Crippen LogP) is 1.93. The van der Waals surface area contributed by atoms with Crippen molar-refractivity contribution in [3.63, 3.8) is 0 Å². The van der Waals surface area contributed by atoms with E-state index < -0.39 is 31.1 Å². The average Bonchev–Trinajstić information content (AvgIpc) is 3.50. The van der Waals surface area contributed by atoms with Gasteiger partial charge in [-0.25, -0.2) is 15.0 Å². The van der Waals surface area contributed by atoms with E-state index in [4.69, 9.17) is 4.74 Å². The third-order valence-electron chi connectivity index (χ3n) is 6.58. The van der Waals surface area contributed by atoms with Crippen molar-refractivity contribution in [1.29, 1.82) is 0 Å². The zero-order chi connectivity index (χ0) is 26.5. The molecule has 38 heavy (non-hydrogen) atoms. The number of rotatable bonds is 10. The van der Waals surface area contributed by atoms with Crippen LogP contribution in [0.5, 0.6) is 0 Å². The number of carbonyl (C=O) groups is 1. The Labute approximate surface area is 219 Å². The number of aliphatic hydroxyl groups is 3. The van der Waals surface area contributed by atoms with E-state index in [2.05, 4.69) is 25.6 Å². The van der Waals surface area contributed by atoms with Crippen LogP contribution < -0.4 is 10.6 Å². The first-order chi connectivity index (χ1) is 18.5. The molecular formula is C27H30N6O5. The van der Waals surface area contributed by atoms with Gasteiger partial charge in [0, 0.05) is 17.8 Å². The highest BCUT2D eigenvalue weighted by molar-refractivity contribution is 5.94. The lowest BCUT2D eigenvalue weighted by atomic mass is 10.1. The summed E-state index contributed by atoms with van der Waals surface area (Å²) in [5.74, 6) is 0.436. The van der Waals surface area contributed by atoms with Crippen LogP contribution in [-0.4, -0.2) is 72.2 Å². The number of nitrogens with one attached hydrogen (secondary N) is 2. The van der Waals surface area contributed by atoms with Crippen molar-refractivity contribution in [2.24, 2.45) is 0 Å². The fourth-order valence-corrected chi connectivity index (χ4v) is 4.48. The smallest absolute Gasteiger partial charge is 0.251 e. The van der Waals surface area contributed by atoms with Gasteiger partial charge in [0.1, 0.15) is 24.6 Å². The molecule has 11 nitrogen and oxygen atoms in total. The molecule has 3 heterocycles. The summed E-state index contributed by atoms with van der Waals surface area (Å²) < 4.78 is 7.13. The van der Waals surface area contributed by atoms with Gasteiger partial charge in [0.15, 0.2) is 23.2 Å². The van der Waals surface area contributed by atoms with Crippen LogP contribution in [0, 0.1) is 0 Å². The molecular weight excluding hydrogens is 488 g/mol. The predicted molar refractivity (Wildman–Crippen MR) is 140 cm³/mol. The van der Waals surface area contributed by atoms with Gasteiger partial charge in [0.25, 0.3) is 5.91 Å². The number of amides is 1. The van der Waals surface area contributed by atoms with E-state index in [1.165, 1.54) is 22.8 Å². The maximum atomic E-state index is 12.1. The largest absolute Gasteiger partial charge is 0.394 e. The van der Waals surface area contributed by atoms with Gasteiger partial charge in [-0.15, -0.1) is 0 Å². The van der Waals surface area contributed by atoms with Gasteiger partial charge in [-0.1, -0.05) is 30.3 Å². The Balaban J connectivity index is 1.15. The molecule has 2 aromatic heterocycles. The normalized spacial score (nSPS) is 21.0. The van der Waals surface area contributed by atoms with E-state index in [0.29, 0.717) is 29.1 Å². The molecule has 1 fully saturated rings. The number of anilines is 2. The van der Waals surface area contributed by atoms with Gasteiger partial charge >= 0.3 is 0 Å². The van der Waals surface area contributed by atoms with E-state index in [0.717, 1.165) is 24.9 Å². The van der Waals surface area contributed by atoms with Crippen molar-refractivity contribution < 1.29 is 24.9 Å². The molecule has 11 heteroatoms. The maximum Gasteiger partial charge on any atom is 0.251 e. The summed E-state index contributed by atoms with van der Waals surface area (Å²) in [5, 5.41) is 36.0. The minimum Gasteiger partial charge on any atom is -0.394 e. The molecule has 4 aromatic rings. The number of unbranched alkanes of at least 4 members (excludes halogenated alkanes) is 1. The quantitative estimate of drug-likeness (QED) is 0.198. The van der Waals surface area contributed by atoms with Crippen LogP contribution >= 0.6 is 0 Å². The Morgan fingerprint density at radius 3 is 2.50 bits per heavy atom. The molecule has 1 saturated heterocycles. The molecule has 0 saturated carbocycles. The van der Waals surface area contributed by atoms with Crippen LogP contribution in [-0.2, 0) is 11.2 Å². The van der Waals surface area contributed by atoms with E-state index in [1.54, 1.807) is 12.1 Å². The van der Waals surface area contributed by atoms with E-state index in [-0.39, 0.29) is 5.91 Å². The minimum atomic E-state index is -1.23. The molecule has 198 valence electrons. The second-order valence-corrected chi connectivity index (χ2v) is 9.18. The van der Waals surface area contributed by atoms with Crippen LogP contribution in [0.3, 0.4) is 0 Å². The molecule has 0 aliphatic carbocycles. The number of ether oxygens (including phenoxy) is 1. The van der Waals surface area contributed by atoms with E-state index in [9.17, 15) is 20.1 Å². The zero-order valence-electron chi connectivity index (χ0n) is 20.6.